The predicted molar refractivity (Wildman–Crippen MR) is 170 cm³/mol. The minimum Gasteiger partial charge on any atom is -0.508 e. The number of phenolic OH excluding ortho intramolecular Hbond substituents is 1. The minimum atomic E-state index is -0.622. The summed E-state index contributed by atoms with van der Waals surface area (Å²) in [6.45, 7) is 5.96. The molecule has 1 heterocycles. The molecule has 2 amide bonds. The number of carbonyl (C=O) groups excluding carboxylic acids is 3. The molecule has 0 unspecified atom stereocenters. The lowest BCUT2D eigenvalue weighted by atomic mass is 10.0. The normalized spacial score (nSPS) is 10.7. The average Bonchev–Trinajstić information content (AvgIpc) is 3.03. The Labute approximate surface area is 255 Å². The number of nitrogens with one attached hydrogen (secondary N) is 2. The van der Waals surface area contributed by atoms with Crippen molar-refractivity contribution in [1.82, 2.24) is 4.98 Å². The van der Waals surface area contributed by atoms with Gasteiger partial charge in [0.05, 0.1) is 11.1 Å². The summed E-state index contributed by atoms with van der Waals surface area (Å²) in [5.74, 6) is -0.552. The molecule has 5 rings (SSSR count). The number of hydrogen-bond acceptors (Lipinski definition) is 6. The summed E-state index contributed by atoms with van der Waals surface area (Å²) < 4.78 is 5.52. The number of pyridine rings is 1. The van der Waals surface area contributed by atoms with Crippen LogP contribution in [0.2, 0.25) is 0 Å². The van der Waals surface area contributed by atoms with Crippen molar-refractivity contribution in [2.75, 3.05) is 10.6 Å². The highest BCUT2D eigenvalue weighted by atomic mass is 16.5. The number of rotatable bonds is 8. The quantitative estimate of drug-likeness (QED) is 0.127. The SMILES string of the molecule is Cc1ccc(NC(=O)c2cncc(C(=O)Oc3cccc(C(C)C)c3)c2)cc1NC(=O)c1cccc(-c2ccc(O)cc2)c1. The molecule has 0 radical (unpaired) electrons. The van der Waals surface area contributed by atoms with Crippen molar-refractivity contribution in [3.63, 3.8) is 0 Å². The third-order valence-electron chi connectivity index (χ3n) is 7.04. The van der Waals surface area contributed by atoms with Crippen molar-refractivity contribution >= 4 is 29.2 Å². The summed E-state index contributed by atoms with van der Waals surface area (Å²) in [6, 6.07) is 27.8. The van der Waals surface area contributed by atoms with Gasteiger partial charge in [-0.2, -0.15) is 0 Å². The molecule has 0 aliphatic heterocycles. The molecule has 3 N–H and O–H groups in total. The molecule has 0 aliphatic rings. The lowest BCUT2D eigenvalue weighted by Crippen LogP contribution is -2.16. The number of esters is 1. The lowest BCUT2D eigenvalue weighted by Gasteiger charge is -2.13. The van der Waals surface area contributed by atoms with Crippen molar-refractivity contribution in [2.24, 2.45) is 0 Å². The Hall–Kier alpha value is -5.76. The predicted octanol–water partition coefficient (Wildman–Crippen LogP) is 7.61. The van der Waals surface area contributed by atoms with Crippen LogP contribution in [0.25, 0.3) is 11.1 Å². The van der Waals surface area contributed by atoms with Crippen LogP contribution in [0.3, 0.4) is 0 Å². The van der Waals surface area contributed by atoms with Gasteiger partial charge in [0.15, 0.2) is 0 Å². The van der Waals surface area contributed by atoms with E-state index in [0.717, 1.165) is 22.3 Å². The number of carbonyl (C=O) groups is 3. The molecule has 8 heteroatoms. The zero-order valence-corrected chi connectivity index (χ0v) is 24.5. The first-order chi connectivity index (χ1) is 21.2. The first-order valence-electron chi connectivity index (χ1n) is 14.1. The highest BCUT2D eigenvalue weighted by molar-refractivity contribution is 6.07. The zero-order valence-electron chi connectivity index (χ0n) is 24.5. The van der Waals surface area contributed by atoms with E-state index in [1.165, 1.54) is 18.5 Å². The molecule has 0 atom stereocenters. The number of aromatic hydroxyl groups is 1. The molecule has 8 nitrogen and oxygen atoms in total. The Morgan fingerprint density at radius 1 is 0.727 bits per heavy atom. The summed E-state index contributed by atoms with van der Waals surface area (Å²) in [7, 11) is 0. The molecule has 0 saturated heterocycles. The standard InChI is InChI=1S/C36H31N3O5/c1-22(2)25-6-5-9-32(18-25)44-36(43)29-17-28(20-37-21-29)35(42)38-30-13-10-23(3)33(19-30)39-34(41)27-8-4-7-26(16-27)24-11-14-31(40)15-12-24/h4-22,40H,1-3H3,(H,38,42)(H,39,41). The third kappa shape index (κ3) is 7.17. The maximum absolute atomic E-state index is 13.2. The van der Waals surface area contributed by atoms with Gasteiger partial charge in [0.1, 0.15) is 11.5 Å². The number of hydrogen-bond donors (Lipinski definition) is 3. The number of phenols is 1. The lowest BCUT2D eigenvalue weighted by molar-refractivity contribution is 0.0734. The zero-order chi connectivity index (χ0) is 31.2. The molecule has 44 heavy (non-hydrogen) atoms. The first kappa shape index (κ1) is 29.7. The second kappa shape index (κ2) is 13.0. The Bertz CT molecular complexity index is 1850. The minimum absolute atomic E-state index is 0.138. The second-order valence-corrected chi connectivity index (χ2v) is 10.6. The van der Waals surface area contributed by atoms with Gasteiger partial charge >= 0.3 is 5.97 Å². The molecule has 220 valence electrons. The topological polar surface area (TPSA) is 118 Å². The van der Waals surface area contributed by atoms with Crippen LogP contribution in [0, 0.1) is 6.92 Å². The van der Waals surface area contributed by atoms with Gasteiger partial charge in [-0.25, -0.2) is 4.79 Å². The van der Waals surface area contributed by atoms with Gasteiger partial charge in [-0.1, -0.05) is 56.3 Å². The molecule has 4 aromatic carbocycles. The summed E-state index contributed by atoms with van der Waals surface area (Å²) >= 11 is 0. The van der Waals surface area contributed by atoms with Crippen LogP contribution in [0.1, 0.15) is 62.0 Å². The maximum atomic E-state index is 13.2. The van der Waals surface area contributed by atoms with E-state index in [4.69, 9.17) is 4.74 Å². The van der Waals surface area contributed by atoms with Crippen molar-refractivity contribution in [2.45, 2.75) is 26.7 Å². The molecular formula is C36H31N3O5. The molecule has 1 aromatic heterocycles. The fraction of sp³-hybridized carbons (Fsp3) is 0.111. The molecular weight excluding hydrogens is 554 g/mol. The number of anilines is 2. The van der Waals surface area contributed by atoms with Crippen molar-refractivity contribution in [3.05, 3.63) is 137 Å². The molecule has 0 aliphatic carbocycles. The highest BCUT2D eigenvalue weighted by Crippen LogP contribution is 2.26. The van der Waals surface area contributed by atoms with Crippen LogP contribution < -0.4 is 15.4 Å². The van der Waals surface area contributed by atoms with Gasteiger partial charge in [0.25, 0.3) is 11.8 Å². The van der Waals surface area contributed by atoms with Gasteiger partial charge in [-0.3, -0.25) is 14.6 Å². The Morgan fingerprint density at radius 3 is 2.23 bits per heavy atom. The van der Waals surface area contributed by atoms with E-state index in [1.807, 2.05) is 31.2 Å². The number of ether oxygens (including phenoxy) is 1. The van der Waals surface area contributed by atoms with Gasteiger partial charge < -0.3 is 20.5 Å². The van der Waals surface area contributed by atoms with Gasteiger partial charge in [0, 0.05) is 29.3 Å². The number of aryl methyl sites for hydroxylation is 1. The van der Waals surface area contributed by atoms with Crippen LogP contribution in [0.5, 0.6) is 11.5 Å². The highest BCUT2D eigenvalue weighted by Gasteiger charge is 2.16. The third-order valence-corrected chi connectivity index (χ3v) is 7.04. The summed E-state index contributed by atoms with van der Waals surface area (Å²) in [5.41, 5.74) is 5.29. The fourth-order valence-corrected chi connectivity index (χ4v) is 4.50. The average molecular weight is 586 g/mol. The summed E-state index contributed by atoms with van der Waals surface area (Å²) in [5, 5.41) is 15.3. The van der Waals surface area contributed by atoms with Crippen LogP contribution in [-0.4, -0.2) is 27.9 Å². The van der Waals surface area contributed by atoms with Crippen LogP contribution >= 0.6 is 0 Å². The van der Waals surface area contributed by atoms with E-state index in [2.05, 4.69) is 29.5 Å². The van der Waals surface area contributed by atoms with E-state index in [0.29, 0.717) is 22.7 Å². The number of aromatic nitrogens is 1. The molecule has 0 fully saturated rings. The molecule has 0 saturated carbocycles. The van der Waals surface area contributed by atoms with Crippen LogP contribution in [-0.2, 0) is 0 Å². The fourth-order valence-electron chi connectivity index (χ4n) is 4.50. The van der Waals surface area contributed by atoms with E-state index >= 15 is 0 Å². The van der Waals surface area contributed by atoms with Crippen LogP contribution in [0.4, 0.5) is 11.4 Å². The first-order valence-corrected chi connectivity index (χ1v) is 14.1. The number of nitrogens with zero attached hydrogens (tertiary/aromatic N) is 1. The van der Waals surface area contributed by atoms with Crippen molar-refractivity contribution in [3.8, 4) is 22.6 Å². The molecule has 0 bridgehead atoms. The van der Waals surface area contributed by atoms with E-state index < -0.39 is 11.9 Å². The number of benzene rings is 4. The van der Waals surface area contributed by atoms with Crippen LogP contribution in [0.15, 0.2) is 109 Å². The van der Waals surface area contributed by atoms with E-state index in [9.17, 15) is 19.5 Å². The summed E-state index contributed by atoms with van der Waals surface area (Å²) in [4.78, 5) is 43.1. The molecule has 0 spiro atoms. The van der Waals surface area contributed by atoms with E-state index in [1.54, 1.807) is 66.7 Å². The summed E-state index contributed by atoms with van der Waals surface area (Å²) in [6.07, 6.45) is 2.71. The Kier molecular flexibility index (Phi) is 8.81. The monoisotopic (exact) mass is 585 g/mol. The van der Waals surface area contributed by atoms with E-state index in [-0.39, 0.29) is 28.7 Å². The van der Waals surface area contributed by atoms with Gasteiger partial charge in [0.2, 0.25) is 0 Å². The largest absolute Gasteiger partial charge is 0.508 e. The molecule has 5 aromatic rings. The Balaban J connectivity index is 1.27. The van der Waals surface area contributed by atoms with Crippen molar-refractivity contribution in [1.29, 1.82) is 0 Å². The van der Waals surface area contributed by atoms with Gasteiger partial charge in [-0.05, 0) is 89.7 Å². The second-order valence-electron chi connectivity index (χ2n) is 10.6. The van der Waals surface area contributed by atoms with Gasteiger partial charge in [-0.15, -0.1) is 0 Å². The maximum Gasteiger partial charge on any atom is 0.345 e. The Morgan fingerprint density at radius 2 is 1.45 bits per heavy atom. The number of amides is 2. The van der Waals surface area contributed by atoms with Crippen molar-refractivity contribution < 1.29 is 24.2 Å². The smallest absolute Gasteiger partial charge is 0.345 e.